The number of rotatable bonds is 7. The molecule has 3 aromatic rings. The molecule has 0 aliphatic carbocycles. The third-order valence-corrected chi connectivity index (χ3v) is 5.17. The Morgan fingerprint density at radius 3 is 2.31 bits per heavy atom. The summed E-state index contributed by atoms with van der Waals surface area (Å²) in [5.74, 6) is -0.305. The van der Waals surface area contributed by atoms with Crippen molar-refractivity contribution in [2.45, 2.75) is 26.2 Å². The zero-order valence-corrected chi connectivity index (χ0v) is 16.9. The molecule has 0 saturated carbocycles. The first-order chi connectivity index (χ1) is 13.9. The number of benzene rings is 2. The molecule has 29 heavy (non-hydrogen) atoms. The molecule has 1 N–H and O–H groups in total. The molecule has 0 spiro atoms. The van der Waals surface area contributed by atoms with E-state index >= 15 is 0 Å². The fourth-order valence-corrected chi connectivity index (χ4v) is 3.28. The SMILES string of the molecule is CCC(C)c1cccc(C(=O)c2ncc(C(=O)O)c3cc(OC)c(OC)cc23)c1. The number of carbonyl (C=O) groups excluding carboxylic acids is 1. The molecule has 0 aliphatic rings. The number of carbonyl (C=O) groups is 2. The number of aromatic carboxylic acids is 1. The number of carboxylic acid groups (broad SMARTS) is 1. The highest BCUT2D eigenvalue weighted by atomic mass is 16.5. The number of hydrogen-bond donors (Lipinski definition) is 1. The van der Waals surface area contributed by atoms with Gasteiger partial charge in [-0.15, -0.1) is 0 Å². The first kappa shape index (κ1) is 20.3. The van der Waals surface area contributed by atoms with Crippen molar-refractivity contribution in [3.05, 3.63) is 65.0 Å². The number of hydrogen-bond acceptors (Lipinski definition) is 5. The van der Waals surface area contributed by atoms with Gasteiger partial charge in [-0.25, -0.2) is 4.79 Å². The largest absolute Gasteiger partial charge is 0.493 e. The zero-order valence-electron chi connectivity index (χ0n) is 16.9. The number of methoxy groups -OCH3 is 2. The minimum absolute atomic E-state index is 0.00846. The smallest absolute Gasteiger partial charge is 0.337 e. The van der Waals surface area contributed by atoms with Crippen molar-refractivity contribution in [1.29, 1.82) is 0 Å². The average molecular weight is 393 g/mol. The van der Waals surface area contributed by atoms with Crippen LogP contribution < -0.4 is 9.47 Å². The maximum absolute atomic E-state index is 13.3. The Bertz CT molecular complexity index is 1090. The van der Waals surface area contributed by atoms with Gasteiger partial charge in [-0.3, -0.25) is 9.78 Å². The molecule has 0 fully saturated rings. The van der Waals surface area contributed by atoms with Crippen LogP contribution in [0.5, 0.6) is 11.5 Å². The number of ketones is 1. The second kappa shape index (κ2) is 8.31. The Hall–Kier alpha value is -3.41. The van der Waals surface area contributed by atoms with Crippen LogP contribution in [0.2, 0.25) is 0 Å². The van der Waals surface area contributed by atoms with Gasteiger partial charge in [0.2, 0.25) is 5.78 Å². The van der Waals surface area contributed by atoms with Crippen LogP contribution in [-0.2, 0) is 0 Å². The van der Waals surface area contributed by atoms with Gasteiger partial charge < -0.3 is 14.6 Å². The Kier molecular flexibility index (Phi) is 5.82. The van der Waals surface area contributed by atoms with Crippen LogP contribution in [0, 0.1) is 0 Å². The van der Waals surface area contributed by atoms with Gasteiger partial charge >= 0.3 is 5.97 Å². The fourth-order valence-electron chi connectivity index (χ4n) is 3.28. The molecule has 0 saturated heterocycles. The lowest BCUT2D eigenvalue weighted by Gasteiger charge is -2.14. The summed E-state index contributed by atoms with van der Waals surface area (Å²) in [6, 6.07) is 10.6. The normalized spacial score (nSPS) is 11.9. The van der Waals surface area contributed by atoms with E-state index in [9.17, 15) is 14.7 Å². The number of nitrogens with zero attached hydrogens (tertiary/aromatic N) is 1. The molecular weight excluding hydrogens is 370 g/mol. The van der Waals surface area contributed by atoms with Crippen LogP contribution in [0.25, 0.3) is 10.8 Å². The van der Waals surface area contributed by atoms with E-state index in [1.54, 1.807) is 18.2 Å². The molecule has 1 atom stereocenters. The van der Waals surface area contributed by atoms with Crippen LogP contribution in [0.15, 0.2) is 42.6 Å². The Labute approximate surface area is 169 Å². The van der Waals surface area contributed by atoms with Crippen molar-refractivity contribution in [2.75, 3.05) is 14.2 Å². The summed E-state index contributed by atoms with van der Waals surface area (Å²) in [7, 11) is 2.95. The van der Waals surface area contributed by atoms with Crippen LogP contribution in [-0.4, -0.2) is 36.1 Å². The molecule has 150 valence electrons. The standard InChI is InChI=1S/C23H23NO5/c1-5-13(2)14-7-6-8-15(9-14)22(25)21-17-11-20(29-4)19(28-3)10-16(17)18(12-24-21)23(26)27/h6-13H,5H2,1-4H3,(H,26,27). The van der Waals surface area contributed by atoms with E-state index in [4.69, 9.17) is 9.47 Å². The lowest BCUT2D eigenvalue weighted by molar-refractivity contribution is 0.0698. The van der Waals surface area contributed by atoms with E-state index in [1.165, 1.54) is 20.4 Å². The van der Waals surface area contributed by atoms with Crippen LogP contribution >= 0.6 is 0 Å². The molecule has 6 nitrogen and oxygen atoms in total. The van der Waals surface area contributed by atoms with Gasteiger partial charge in [0, 0.05) is 22.5 Å². The monoisotopic (exact) mass is 393 g/mol. The van der Waals surface area contributed by atoms with Crippen molar-refractivity contribution in [1.82, 2.24) is 4.98 Å². The van der Waals surface area contributed by atoms with E-state index in [-0.39, 0.29) is 17.0 Å². The molecule has 0 aliphatic heterocycles. The Balaban J connectivity index is 2.23. The highest BCUT2D eigenvalue weighted by molar-refractivity contribution is 6.17. The van der Waals surface area contributed by atoms with Crippen molar-refractivity contribution >= 4 is 22.5 Å². The molecule has 0 bridgehead atoms. The second-order valence-electron chi connectivity index (χ2n) is 6.84. The molecule has 0 amide bonds. The molecule has 0 radical (unpaired) electrons. The van der Waals surface area contributed by atoms with Gasteiger partial charge in [0.05, 0.1) is 19.8 Å². The van der Waals surface area contributed by atoms with Crippen molar-refractivity contribution in [3.8, 4) is 11.5 Å². The first-order valence-corrected chi connectivity index (χ1v) is 9.33. The van der Waals surface area contributed by atoms with E-state index in [1.807, 2.05) is 18.2 Å². The molecule has 1 heterocycles. The number of carboxylic acids is 1. The Morgan fingerprint density at radius 2 is 1.72 bits per heavy atom. The second-order valence-corrected chi connectivity index (χ2v) is 6.84. The highest BCUT2D eigenvalue weighted by Gasteiger charge is 2.21. The number of pyridine rings is 1. The minimum atomic E-state index is -1.13. The van der Waals surface area contributed by atoms with Crippen molar-refractivity contribution in [3.63, 3.8) is 0 Å². The van der Waals surface area contributed by atoms with E-state index in [0.29, 0.717) is 33.8 Å². The predicted octanol–water partition coefficient (Wildman–Crippen LogP) is 4.69. The topological polar surface area (TPSA) is 85.7 Å². The van der Waals surface area contributed by atoms with Crippen LogP contribution in [0.1, 0.15) is 58.2 Å². The van der Waals surface area contributed by atoms with Crippen LogP contribution in [0.4, 0.5) is 0 Å². The van der Waals surface area contributed by atoms with E-state index in [2.05, 4.69) is 18.8 Å². The summed E-state index contributed by atoms with van der Waals surface area (Å²) in [6.45, 7) is 4.20. The third-order valence-electron chi connectivity index (χ3n) is 5.17. The minimum Gasteiger partial charge on any atom is -0.493 e. The fraction of sp³-hybridized carbons (Fsp3) is 0.261. The average Bonchev–Trinajstić information content (AvgIpc) is 2.76. The maximum atomic E-state index is 13.3. The van der Waals surface area contributed by atoms with E-state index in [0.717, 1.165) is 12.0 Å². The van der Waals surface area contributed by atoms with Gasteiger partial charge in [0.15, 0.2) is 11.5 Å². The van der Waals surface area contributed by atoms with Gasteiger partial charge in [-0.2, -0.15) is 0 Å². The third kappa shape index (κ3) is 3.78. The van der Waals surface area contributed by atoms with Crippen molar-refractivity contribution in [2.24, 2.45) is 0 Å². The maximum Gasteiger partial charge on any atom is 0.337 e. The molecular formula is C23H23NO5. The van der Waals surface area contributed by atoms with Gasteiger partial charge in [0.25, 0.3) is 0 Å². The zero-order chi connectivity index (χ0) is 21.1. The van der Waals surface area contributed by atoms with E-state index < -0.39 is 5.97 Å². The molecule has 3 rings (SSSR count). The van der Waals surface area contributed by atoms with Crippen molar-refractivity contribution < 1.29 is 24.2 Å². The summed E-state index contributed by atoms with van der Waals surface area (Å²) in [5.41, 5.74) is 1.75. The summed E-state index contributed by atoms with van der Waals surface area (Å²) >= 11 is 0. The first-order valence-electron chi connectivity index (χ1n) is 9.33. The predicted molar refractivity (Wildman–Crippen MR) is 110 cm³/mol. The van der Waals surface area contributed by atoms with Gasteiger partial charge in [0.1, 0.15) is 5.69 Å². The Morgan fingerprint density at radius 1 is 1.07 bits per heavy atom. The number of fused-ring (bicyclic) bond motifs is 1. The molecule has 1 aromatic heterocycles. The lowest BCUT2D eigenvalue weighted by atomic mass is 9.94. The molecule has 6 heteroatoms. The summed E-state index contributed by atoms with van der Waals surface area (Å²) < 4.78 is 10.6. The number of ether oxygens (including phenoxy) is 2. The number of aromatic nitrogens is 1. The van der Waals surface area contributed by atoms with Crippen LogP contribution in [0.3, 0.4) is 0 Å². The molecule has 2 aromatic carbocycles. The van der Waals surface area contributed by atoms with Gasteiger partial charge in [-0.1, -0.05) is 32.0 Å². The summed E-state index contributed by atoms with van der Waals surface area (Å²) in [6.07, 6.45) is 2.17. The highest BCUT2D eigenvalue weighted by Crippen LogP contribution is 2.35. The summed E-state index contributed by atoms with van der Waals surface area (Å²) in [4.78, 5) is 29.2. The molecule has 1 unspecified atom stereocenters. The lowest BCUT2D eigenvalue weighted by Crippen LogP contribution is -2.09. The summed E-state index contributed by atoms with van der Waals surface area (Å²) in [5, 5.41) is 10.3. The quantitative estimate of drug-likeness (QED) is 0.586. The van der Waals surface area contributed by atoms with Gasteiger partial charge in [-0.05, 0) is 36.1 Å².